The lowest BCUT2D eigenvalue weighted by molar-refractivity contribution is 0.0600. The Morgan fingerprint density at radius 2 is 1.96 bits per heavy atom. The van der Waals surface area contributed by atoms with Crippen molar-refractivity contribution < 1.29 is 14.3 Å². The zero-order valence-electron chi connectivity index (χ0n) is 15.8. The summed E-state index contributed by atoms with van der Waals surface area (Å²) in [4.78, 5) is 32.8. The third-order valence-electron chi connectivity index (χ3n) is 3.73. The molecule has 1 amide bonds. The number of nitrogens with zero attached hydrogens (tertiary/aromatic N) is 2. The van der Waals surface area contributed by atoms with E-state index in [4.69, 9.17) is 11.6 Å². The summed E-state index contributed by atoms with van der Waals surface area (Å²) >= 11 is 6.12. The van der Waals surface area contributed by atoms with Gasteiger partial charge >= 0.3 is 5.97 Å². The van der Waals surface area contributed by atoms with Crippen LogP contribution in [0.4, 0.5) is 11.6 Å². The number of carbonyl (C=O) groups excluding carboxylic acids is 2. The number of esters is 1. The molecule has 0 aliphatic heterocycles. The molecule has 0 aliphatic rings. The van der Waals surface area contributed by atoms with Gasteiger partial charge in [0.1, 0.15) is 5.69 Å². The van der Waals surface area contributed by atoms with Crippen molar-refractivity contribution in [3.8, 4) is 0 Å². The normalized spacial score (nSPS) is 10.6. The fourth-order valence-corrected chi connectivity index (χ4v) is 2.45. The van der Waals surface area contributed by atoms with Crippen molar-refractivity contribution in [2.45, 2.75) is 27.2 Å². The molecule has 0 atom stereocenters. The molecular weight excluding hydrogens is 368 g/mol. The minimum absolute atomic E-state index is 0.203. The number of nitrogens with one attached hydrogen (secondary N) is 2. The first-order chi connectivity index (χ1) is 12.8. The molecule has 0 saturated carbocycles. The van der Waals surface area contributed by atoms with Crippen LogP contribution in [0.1, 0.15) is 46.8 Å². The smallest absolute Gasteiger partial charge is 0.337 e. The molecule has 2 rings (SSSR count). The Balaban J connectivity index is 2.18. The number of methoxy groups -OCH3 is 1. The third-order valence-corrected chi connectivity index (χ3v) is 4.06. The van der Waals surface area contributed by atoms with E-state index in [2.05, 4.69) is 39.2 Å². The van der Waals surface area contributed by atoms with E-state index in [0.717, 1.165) is 13.0 Å². The summed E-state index contributed by atoms with van der Waals surface area (Å²) in [6.07, 6.45) is 0.967. The van der Waals surface area contributed by atoms with Crippen LogP contribution in [0, 0.1) is 12.8 Å². The second-order valence-corrected chi connectivity index (χ2v) is 6.88. The number of amides is 1. The van der Waals surface area contributed by atoms with E-state index >= 15 is 0 Å². The van der Waals surface area contributed by atoms with Crippen LogP contribution in [0.5, 0.6) is 0 Å². The molecule has 0 bridgehead atoms. The number of aryl methyl sites for hydroxylation is 1. The van der Waals surface area contributed by atoms with Crippen molar-refractivity contribution in [3.05, 3.63) is 46.2 Å². The SMILES string of the molecule is COC(=O)c1ccc(Cl)c(NC(=O)c2cc(C)nc(NCCC(C)C)n2)c1. The molecule has 0 radical (unpaired) electrons. The summed E-state index contributed by atoms with van der Waals surface area (Å²) in [7, 11) is 1.28. The Hall–Kier alpha value is -2.67. The van der Waals surface area contributed by atoms with Gasteiger partial charge in [-0.05, 0) is 43.5 Å². The van der Waals surface area contributed by atoms with E-state index in [1.165, 1.54) is 25.3 Å². The van der Waals surface area contributed by atoms with Crippen molar-refractivity contribution in [1.82, 2.24) is 9.97 Å². The first-order valence-corrected chi connectivity index (χ1v) is 8.96. The predicted octanol–water partition coefficient (Wildman–Crippen LogP) is 3.94. The number of ether oxygens (including phenoxy) is 1. The Bertz CT molecular complexity index is 840. The van der Waals surface area contributed by atoms with Crippen molar-refractivity contribution in [2.75, 3.05) is 24.3 Å². The summed E-state index contributed by atoms with van der Waals surface area (Å²) in [5.41, 5.74) is 1.45. The van der Waals surface area contributed by atoms with Gasteiger partial charge in [-0.3, -0.25) is 4.79 Å². The summed E-state index contributed by atoms with van der Waals surface area (Å²) in [6.45, 7) is 6.76. The molecule has 0 saturated heterocycles. The maximum absolute atomic E-state index is 12.6. The van der Waals surface area contributed by atoms with Crippen LogP contribution in [0.3, 0.4) is 0 Å². The lowest BCUT2D eigenvalue weighted by atomic mass is 10.1. The molecule has 0 spiro atoms. The Morgan fingerprint density at radius 1 is 1.22 bits per heavy atom. The van der Waals surface area contributed by atoms with Gasteiger partial charge in [-0.15, -0.1) is 0 Å². The van der Waals surface area contributed by atoms with Crippen LogP contribution in [-0.4, -0.2) is 35.5 Å². The van der Waals surface area contributed by atoms with E-state index in [9.17, 15) is 9.59 Å². The largest absolute Gasteiger partial charge is 0.465 e. The molecule has 1 aromatic heterocycles. The first-order valence-electron chi connectivity index (χ1n) is 8.59. The molecule has 7 nitrogen and oxygen atoms in total. The Labute approximate surface area is 163 Å². The van der Waals surface area contributed by atoms with Gasteiger partial charge in [-0.2, -0.15) is 0 Å². The van der Waals surface area contributed by atoms with Crippen LogP contribution >= 0.6 is 11.6 Å². The van der Waals surface area contributed by atoms with Crippen molar-refractivity contribution in [3.63, 3.8) is 0 Å². The zero-order chi connectivity index (χ0) is 20.0. The molecule has 0 unspecified atom stereocenters. The molecule has 8 heteroatoms. The monoisotopic (exact) mass is 390 g/mol. The molecule has 1 heterocycles. The summed E-state index contributed by atoms with van der Waals surface area (Å²) in [5, 5.41) is 6.11. The number of benzene rings is 1. The average Bonchev–Trinajstić information content (AvgIpc) is 2.62. The molecular formula is C19H23ClN4O3. The van der Waals surface area contributed by atoms with Crippen molar-refractivity contribution in [2.24, 2.45) is 5.92 Å². The highest BCUT2D eigenvalue weighted by Gasteiger charge is 2.15. The van der Waals surface area contributed by atoms with Crippen LogP contribution in [0.15, 0.2) is 24.3 Å². The number of carbonyl (C=O) groups is 2. The van der Waals surface area contributed by atoms with E-state index < -0.39 is 11.9 Å². The molecule has 1 aromatic carbocycles. The van der Waals surface area contributed by atoms with Crippen molar-refractivity contribution in [1.29, 1.82) is 0 Å². The molecule has 0 aliphatic carbocycles. The highest BCUT2D eigenvalue weighted by Crippen LogP contribution is 2.24. The summed E-state index contributed by atoms with van der Waals surface area (Å²) in [6, 6.07) is 6.09. The number of hydrogen-bond donors (Lipinski definition) is 2. The molecule has 2 aromatic rings. The van der Waals surface area contributed by atoms with Crippen LogP contribution in [0.25, 0.3) is 0 Å². The number of aromatic nitrogens is 2. The maximum atomic E-state index is 12.6. The first kappa shape index (κ1) is 20.6. The van der Waals surface area contributed by atoms with Crippen molar-refractivity contribution >= 4 is 35.1 Å². The van der Waals surface area contributed by atoms with Crippen LogP contribution in [0.2, 0.25) is 5.02 Å². The molecule has 27 heavy (non-hydrogen) atoms. The molecule has 2 N–H and O–H groups in total. The fraction of sp³-hybridized carbons (Fsp3) is 0.368. The molecule has 0 fully saturated rings. The van der Waals surface area contributed by atoms with Gasteiger partial charge in [0.2, 0.25) is 5.95 Å². The Morgan fingerprint density at radius 3 is 2.63 bits per heavy atom. The summed E-state index contributed by atoms with van der Waals surface area (Å²) in [5.74, 6) is -0.0162. The lowest BCUT2D eigenvalue weighted by Gasteiger charge is -2.11. The van der Waals surface area contributed by atoms with E-state index in [-0.39, 0.29) is 11.3 Å². The number of anilines is 2. The van der Waals surface area contributed by atoms with E-state index in [0.29, 0.717) is 28.3 Å². The lowest BCUT2D eigenvalue weighted by Crippen LogP contribution is -2.17. The van der Waals surface area contributed by atoms with Gasteiger partial charge in [-0.25, -0.2) is 14.8 Å². The number of halogens is 1. The second-order valence-electron chi connectivity index (χ2n) is 6.47. The van der Waals surface area contributed by atoms with Gasteiger partial charge < -0.3 is 15.4 Å². The van der Waals surface area contributed by atoms with Crippen LogP contribution in [-0.2, 0) is 4.74 Å². The second kappa shape index (κ2) is 9.32. The fourth-order valence-electron chi connectivity index (χ4n) is 2.29. The minimum atomic E-state index is -0.517. The predicted molar refractivity (Wildman–Crippen MR) is 105 cm³/mol. The van der Waals surface area contributed by atoms with Crippen LogP contribution < -0.4 is 10.6 Å². The standard InChI is InChI=1S/C19H23ClN4O3/c1-11(2)7-8-21-19-22-12(3)9-16(24-19)17(25)23-15-10-13(18(26)27-4)5-6-14(15)20/h5-6,9-11H,7-8H2,1-4H3,(H,23,25)(H,21,22,24). The average molecular weight is 391 g/mol. The third kappa shape index (κ3) is 5.92. The maximum Gasteiger partial charge on any atom is 0.337 e. The van der Waals surface area contributed by atoms with E-state index in [1.807, 2.05) is 0 Å². The minimum Gasteiger partial charge on any atom is -0.465 e. The van der Waals surface area contributed by atoms with Gasteiger partial charge in [0.15, 0.2) is 0 Å². The molecule has 144 valence electrons. The summed E-state index contributed by atoms with van der Waals surface area (Å²) < 4.78 is 4.68. The van der Waals surface area contributed by atoms with Gasteiger partial charge in [0.25, 0.3) is 5.91 Å². The Kier molecular flexibility index (Phi) is 7.12. The number of rotatable bonds is 7. The zero-order valence-corrected chi connectivity index (χ0v) is 16.6. The quantitative estimate of drug-likeness (QED) is 0.695. The van der Waals surface area contributed by atoms with Gasteiger partial charge in [-0.1, -0.05) is 25.4 Å². The van der Waals surface area contributed by atoms with Gasteiger partial charge in [0, 0.05) is 12.2 Å². The highest BCUT2D eigenvalue weighted by molar-refractivity contribution is 6.34. The van der Waals surface area contributed by atoms with E-state index in [1.54, 1.807) is 13.0 Å². The van der Waals surface area contributed by atoms with Gasteiger partial charge in [0.05, 0.1) is 23.4 Å². The highest BCUT2D eigenvalue weighted by atomic mass is 35.5. The number of hydrogen-bond acceptors (Lipinski definition) is 6. The topological polar surface area (TPSA) is 93.2 Å².